The van der Waals surface area contributed by atoms with Crippen molar-refractivity contribution in [3.63, 3.8) is 0 Å². The minimum Gasteiger partial charge on any atom is -0.504 e. The molecule has 4 amide bonds. The fourth-order valence-electron chi connectivity index (χ4n) is 9.86. The fraction of sp³-hybridized carbons (Fsp3) is 0.302. The maximum Gasteiger partial charge on any atom is 0.260 e. The number of ether oxygens (including phenoxy) is 2. The number of carbonyl (C=O) groups excluding carboxylic acids is 4. The van der Waals surface area contributed by atoms with Crippen LogP contribution in [0.1, 0.15) is 29.9 Å². The van der Waals surface area contributed by atoms with Gasteiger partial charge in [-0.3, -0.25) is 29.5 Å². The summed E-state index contributed by atoms with van der Waals surface area (Å²) in [5, 5.41) is 13.3. The number of nitrogens with zero attached hydrogens (tertiary/aromatic N) is 3. The van der Waals surface area contributed by atoms with Crippen LogP contribution in [-0.4, -0.2) is 67.2 Å². The Hall–Kier alpha value is -5.24. The first-order chi connectivity index (χ1) is 27.5. The zero-order valence-corrected chi connectivity index (χ0v) is 33.0. The summed E-state index contributed by atoms with van der Waals surface area (Å²) in [6.45, 7) is 2.70. The summed E-state index contributed by atoms with van der Waals surface area (Å²) in [4.78, 5) is 62.8. The predicted molar refractivity (Wildman–Crippen MR) is 213 cm³/mol. The first-order valence-corrected chi connectivity index (χ1v) is 19.9. The van der Waals surface area contributed by atoms with Gasteiger partial charge in [0.15, 0.2) is 11.5 Å². The van der Waals surface area contributed by atoms with Gasteiger partial charge < -0.3 is 19.5 Å². The Balaban J connectivity index is 1.19. The molecule has 0 aromatic heterocycles. The molecule has 0 bridgehead atoms. The molecule has 57 heavy (non-hydrogen) atoms. The zero-order chi connectivity index (χ0) is 39.7. The molecule has 3 heterocycles. The van der Waals surface area contributed by atoms with Gasteiger partial charge in [-0.2, -0.15) is 5.01 Å². The van der Waals surface area contributed by atoms with E-state index in [4.69, 9.17) is 21.1 Å². The van der Waals surface area contributed by atoms with Gasteiger partial charge in [-0.25, -0.2) is 4.39 Å². The van der Waals surface area contributed by atoms with E-state index in [2.05, 4.69) is 26.3 Å². The van der Waals surface area contributed by atoms with Crippen molar-refractivity contribution < 1.29 is 38.1 Å². The van der Waals surface area contributed by atoms with Gasteiger partial charge >= 0.3 is 0 Å². The number of anilines is 3. The van der Waals surface area contributed by atoms with Crippen LogP contribution < -0.4 is 20.0 Å². The number of phenols is 1. The van der Waals surface area contributed by atoms with Gasteiger partial charge in [-0.15, -0.1) is 0 Å². The van der Waals surface area contributed by atoms with Crippen molar-refractivity contribution in [2.75, 3.05) is 48.6 Å². The third-order valence-corrected chi connectivity index (χ3v) is 13.1. The topological polar surface area (TPSA) is 129 Å². The van der Waals surface area contributed by atoms with Crippen molar-refractivity contribution in [2.45, 2.75) is 24.2 Å². The largest absolute Gasteiger partial charge is 0.504 e. The second-order valence-corrected chi connectivity index (χ2v) is 16.4. The highest BCUT2D eigenvalue weighted by Crippen LogP contribution is 2.65. The van der Waals surface area contributed by atoms with E-state index in [0.717, 1.165) is 23.8 Å². The van der Waals surface area contributed by atoms with Crippen LogP contribution in [0.5, 0.6) is 11.5 Å². The molecule has 3 aliphatic heterocycles. The van der Waals surface area contributed by atoms with E-state index in [1.54, 1.807) is 48.5 Å². The van der Waals surface area contributed by atoms with Gasteiger partial charge in [0.25, 0.3) is 11.8 Å². The van der Waals surface area contributed by atoms with E-state index >= 15 is 4.79 Å². The smallest absolute Gasteiger partial charge is 0.260 e. The monoisotopic (exact) mass is 854 g/mol. The Labute approximate surface area is 341 Å². The number of hydrogen-bond acceptors (Lipinski definition) is 9. The summed E-state index contributed by atoms with van der Waals surface area (Å²) >= 11 is 9.96. The number of allylic oxidation sites excluding steroid dienone is 2. The predicted octanol–water partition coefficient (Wildman–Crippen LogP) is 6.98. The summed E-state index contributed by atoms with van der Waals surface area (Å²) in [5.41, 5.74) is 4.41. The van der Waals surface area contributed by atoms with Crippen molar-refractivity contribution in [3.05, 3.63) is 123 Å². The molecule has 11 nitrogen and oxygen atoms in total. The minimum absolute atomic E-state index is 0.0486. The number of aromatic hydroxyl groups is 1. The lowest BCUT2D eigenvalue weighted by Crippen LogP contribution is -2.53. The standard InChI is InChI=1S/C43H37BrClFN4O7/c1-56-35-21-24(44)20-33(38(35)51)37-30-14-15-31-36(41(54)49(39(31)52)29-12-10-28(11-13-29)48-16-18-57-19-17-48)32(30)22-34-40(53)50(47-27-8-6-26(46)7-9-27)42(55)43(34,37)23-2-4-25(45)5-3-23/h2-14,20-21,31-32,34,36-37,47,51H,15-19,22H2,1H3. The van der Waals surface area contributed by atoms with Crippen molar-refractivity contribution in [2.24, 2.45) is 23.7 Å². The molecule has 9 rings (SSSR count). The summed E-state index contributed by atoms with van der Waals surface area (Å²) in [7, 11) is 1.42. The highest BCUT2D eigenvalue weighted by atomic mass is 79.9. The number of phenolic OH excluding ortho intramolecular Hbond substituents is 1. The molecule has 0 spiro atoms. The molecule has 4 fully saturated rings. The second-order valence-electron chi connectivity index (χ2n) is 15.0. The van der Waals surface area contributed by atoms with Crippen molar-refractivity contribution in [3.8, 4) is 11.5 Å². The first-order valence-electron chi connectivity index (χ1n) is 18.8. The number of morpholine rings is 1. The van der Waals surface area contributed by atoms with Crippen molar-refractivity contribution in [1.82, 2.24) is 5.01 Å². The average Bonchev–Trinajstić information content (AvgIpc) is 3.60. The maximum absolute atomic E-state index is 15.4. The van der Waals surface area contributed by atoms with E-state index < -0.39 is 52.6 Å². The normalized spacial score (nSPS) is 26.9. The molecule has 1 saturated carbocycles. The van der Waals surface area contributed by atoms with Gasteiger partial charge in [0.05, 0.1) is 54.9 Å². The molecule has 5 aliphatic rings. The fourth-order valence-corrected chi connectivity index (χ4v) is 10.4. The van der Waals surface area contributed by atoms with Gasteiger partial charge in [0.2, 0.25) is 11.8 Å². The Morgan fingerprint density at radius 3 is 2.26 bits per heavy atom. The Morgan fingerprint density at radius 1 is 0.895 bits per heavy atom. The van der Waals surface area contributed by atoms with Crippen molar-refractivity contribution >= 4 is 68.2 Å². The van der Waals surface area contributed by atoms with Crippen LogP contribution >= 0.6 is 27.5 Å². The number of imide groups is 2. The number of halogens is 3. The molecule has 4 aromatic rings. The highest BCUT2D eigenvalue weighted by Gasteiger charge is 2.70. The lowest BCUT2D eigenvalue weighted by Gasteiger charge is -2.50. The average molecular weight is 856 g/mol. The summed E-state index contributed by atoms with van der Waals surface area (Å²) in [6, 6.07) is 22.7. The second kappa shape index (κ2) is 14.3. The number of rotatable bonds is 7. The molecular formula is C43H37BrClFN4O7. The first kappa shape index (κ1) is 37.3. The lowest BCUT2D eigenvalue weighted by molar-refractivity contribution is -0.138. The molecule has 14 heteroatoms. The third kappa shape index (κ3) is 5.84. The van der Waals surface area contributed by atoms with E-state index in [1.165, 1.54) is 36.3 Å². The molecule has 2 N–H and O–H groups in total. The summed E-state index contributed by atoms with van der Waals surface area (Å²) in [6.07, 6.45) is 2.17. The van der Waals surface area contributed by atoms with E-state index in [9.17, 15) is 23.9 Å². The summed E-state index contributed by atoms with van der Waals surface area (Å²) in [5.74, 6) is -6.80. The SMILES string of the molecule is COc1cc(Br)cc(C2C3=CCC4C(=O)N(c5ccc(N6CCOCC6)cc5)C(=O)C4C3CC3C(=O)N(Nc4ccc(F)cc4)C(=O)C32c2ccc(Cl)cc2)c1O. The number of fused-ring (bicyclic) bond motifs is 4. The quantitative estimate of drug-likeness (QED) is 0.150. The molecule has 6 atom stereocenters. The molecule has 3 saturated heterocycles. The van der Waals surface area contributed by atoms with E-state index in [1.807, 2.05) is 18.2 Å². The maximum atomic E-state index is 15.4. The van der Waals surface area contributed by atoms with E-state index in [-0.39, 0.29) is 36.2 Å². The van der Waals surface area contributed by atoms with Crippen LogP contribution in [0, 0.1) is 29.5 Å². The molecule has 292 valence electrons. The Bertz CT molecular complexity index is 2340. The molecule has 6 unspecified atom stereocenters. The van der Waals surface area contributed by atoms with Crippen LogP contribution in [-0.2, 0) is 29.3 Å². The lowest BCUT2D eigenvalue weighted by atomic mass is 9.49. The van der Waals surface area contributed by atoms with Crippen molar-refractivity contribution in [1.29, 1.82) is 0 Å². The number of hydrazine groups is 1. The molecule has 2 aliphatic carbocycles. The number of methoxy groups -OCH3 is 1. The number of carbonyl (C=O) groups is 4. The van der Waals surface area contributed by atoms with Crippen LogP contribution in [0.2, 0.25) is 5.02 Å². The number of amides is 4. The van der Waals surface area contributed by atoms with Gasteiger partial charge in [0, 0.05) is 39.8 Å². The van der Waals surface area contributed by atoms with Crippen LogP contribution in [0.3, 0.4) is 0 Å². The van der Waals surface area contributed by atoms with Crippen LogP contribution in [0.25, 0.3) is 0 Å². The number of benzene rings is 4. The zero-order valence-electron chi connectivity index (χ0n) is 30.7. The molecular weight excluding hydrogens is 819 g/mol. The van der Waals surface area contributed by atoms with Gasteiger partial charge in [0.1, 0.15) is 5.82 Å². The van der Waals surface area contributed by atoms with Crippen LogP contribution in [0.15, 0.2) is 101 Å². The number of nitrogens with one attached hydrogen (secondary N) is 1. The molecule has 0 radical (unpaired) electrons. The van der Waals surface area contributed by atoms with Crippen LogP contribution in [0.4, 0.5) is 21.5 Å². The Kier molecular flexibility index (Phi) is 9.37. The van der Waals surface area contributed by atoms with E-state index in [0.29, 0.717) is 50.8 Å². The van der Waals surface area contributed by atoms with Gasteiger partial charge in [-0.1, -0.05) is 51.3 Å². The highest BCUT2D eigenvalue weighted by molar-refractivity contribution is 9.10. The Morgan fingerprint density at radius 2 is 1.58 bits per heavy atom. The van der Waals surface area contributed by atoms with Gasteiger partial charge in [-0.05, 0) is 97.1 Å². The third-order valence-electron chi connectivity index (χ3n) is 12.3. The minimum atomic E-state index is -1.67. The summed E-state index contributed by atoms with van der Waals surface area (Å²) < 4.78 is 25.6. The molecule has 4 aromatic carbocycles. The number of hydrogen-bond donors (Lipinski definition) is 2.